The molecule has 0 spiro atoms. The number of hydrogen-bond acceptors (Lipinski definition) is 6. The van der Waals surface area contributed by atoms with Crippen molar-refractivity contribution in [1.29, 1.82) is 5.26 Å². The van der Waals surface area contributed by atoms with Gasteiger partial charge in [0.1, 0.15) is 18.1 Å². The molecule has 0 saturated carbocycles. The standard InChI is InChI=1S/C22H18N2O5/c1-15(21(25)24-17-9-7-16(13-23)8-10-17)28-22(26)20-12-11-19(29-20)14-27-18-5-3-2-4-6-18/h2-12,15H,14H2,1H3,(H,24,25)/t15-/m1/s1. The number of carbonyl (C=O) groups excluding carboxylic acids is 2. The van der Waals surface area contributed by atoms with Crippen LogP contribution < -0.4 is 10.1 Å². The van der Waals surface area contributed by atoms with Crippen molar-refractivity contribution in [1.82, 2.24) is 0 Å². The van der Waals surface area contributed by atoms with Crippen LogP contribution in [-0.2, 0) is 16.1 Å². The van der Waals surface area contributed by atoms with Crippen LogP contribution in [0.3, 0.4) is 0 Å². The fourth-order valence-electron chi connectivity index (χ4n) is 2.38. The van der Waals surface area contributed by atoms with Gasteiger partial charge in [0, 0.05) is 5.69 Å². The summed E-state index contributed by atoms with van der Waals surface area (Å²) in [6, 6.07) is 20.6. The van der Waals surface area contributed by atoms with Crippen molar-refractivity contribution >= 4 is 17.6 Å². The lowest BCUT2D eigenvalue weighted by atomic mass is 10.2. The third-order valence-electron chi connectivity index (χ3n) is 3.92. The third-order valence-corrected chi connectivity index (χ3v) is 3.92. The zero-order valence-corrected chi connectivity index (χ0v) is 15.6. The number of para-hydroxylation sites is 1. The van der Waals surface area contributed by atoms with Gasteiger partial charge < -0.3 is 19.2 Å². The molecule has 0 aliphatic carbocycles. The van der Waals surface area contributed by atoms with Gasteiger partial charge in [-0.1, -0.05) is 18.2 Å². The Labute approximate surface area is 167 Å². The van der Waals surface area contributed by atoms with E-state index in [0.29, 0.717) is 22.8 Å². The van der Waals surface area contributed by atoms with Crippen LogP contribution in [0, 0.1) is 11.3 Å². The van der Waals surface area contributed by atoms with E-state index in [-0.39, 0.29) is 12.4 Å². The average molecular weight is 390 g/mol. The number of furan rings is 1. The minimum absolute atomic E-state index is 0.0188. The summed E-state index contributed by atoms with van der Waals surface area (Å²) >= 11 is 0. The summed E-state index contributed by atoms with van der Waals surface area (Å²) in [5, 5.41) is 11.4. The summed E-state index contributed by atoms with van der Waals surface area (Å²) in [6.45, 7) is 1.62. The molecular weight excluding hydrogens is 372 g/mol. The minimum atomic E-state index is -1.03. The van der Waals surface area contributed by atoms with Gasteiger partial charge in [0.15, 0.2) is 6.10 Å². The first kappa shape index (κ1) is 19.7. The molecule has 1 atom stereocenters. The molecule has 0 aliphatic heterocycles. The molecule has 146 valence electrons. The number of nitrogens with zero attached hydrogens (tertiary/aromatic N) is 1. The number of benzene rings is 2. The van der Waals surface area contributed by atoms with E-state index in [0.717, 1.165) is 0 Å². The maximum Gasteiger partial charge on any atom is 0.375 e. The minimum Gasteiger partial charge on any atom is -0.486 e. The lowest BCUT2D eigenvalue weighted by molar-refractivity contribution is -0.123. The number of rotatable bonds is 7. The number of amides is 1. The zero-order valence-electron chi connectivity index (χ0n) is 15.6. The third kappa shape index (κ3) is 5.47. The Bertz CT molecular complexity index is 1020. The molecule has 0 fully saturated rings. The van der Waals surface area contributed by atoms with Crippen LogP contribution in [0.15, 0.2) is 71.1 Å². The highest BCUT2D eigenvalue weighted by molar-refractivity contribution is 5.96. The first-order valence-electron chi connectivity index (χ1n) is 8.84. The van der Waals surface area contributed by atoms with E-state index in [2.05, 4.69) is 5.32 Å². The lowest BCUT2D eigenvalue weighted by Gasteiger charge is -2.12. The molecule has 1 N–H and O–H groups in total. The van der Waals surface area contributed by atoms with Crippen molar-refractivity contribution in [2.75, 3.05) is 5.32 Å². The Morgan fingerprint density at radius 2 is 1.79 bits per heavy atom. The van der Waals surface area contributed by atoms with Crippen LogP contribution in [-0.4, -0.2) is 18.0 Å². The smallest absolute Gasteiger partial charge is 0.375 e. The van der Waals surface area contributed by atoms with Gasteiger partial charge in [-0.15, -0.1) is 0 Å². The number of nitrogens with one attached hydrogen (secondary N) is 1. The van der Waals surface area contributed by atoms with Gasteiger partial charge in [-0.05, 0) is 55.5 Å². The SMILES string of the molecule is C[C@@H](OC(=O)c1ccc(COc2ccccc2)o1)C(=O)Nc1ccc(C#N)cc1. The molecule has 7 nitrogen and oxygen atoms in total. The summed E-state index contributed by atoms with van der Waals surface area (Å²) in [5.41, 5.74) is 0.975. The van der Waals surface area contributed by atoms with Crippen LogP contribution >= 0.6 is 0 Å². The van der Waals surface area contributed by atoms with Gasteiger partial charge in [-0.2, -0.15) is 5.26 Å². The molecule has 0 radical (unpaired) electrons. The van der Waals surface area contributed by atoms with E-state index in [1.807, 2.05) is 36.4 Å². The van der Waals surface area contributed by atoms with E-state index >= 15 is 0 Å². The fraction of sp³-hybridized carbons (Fsp3) is 0.136. The van der Waals surface area contributed by atoms with Crippen LogP contribution in [0.25, 0.3) is 0 Å². The maximum absolute atomic E-state index is 12.2. The van der Waals surface area contributed by atoms with Gasteiger partial charge in [-0.3, -0.25) is 4.79 Å². The summed E-state index contributed by atoms with van der Waals surface area (Å²) < 4.78 is 16.1. The predicted molar refractivity (Wildman–Crippen MR) is 104 cm³/mol. The van der Waals surface area contributed by atoms with E-state index in [9.17, 15) is 9.59 Å². The zero-order chi connectivity index (χ0) is 20.6. The van der Waals surface area contributed by atoms with Crippen molar-refractivity contribution in [2.24, 2.45) is 0 Å². The summed E-state index contributed by atoms with van der Waals surface area (Å²) in [4.78, 5) is 24.4. The molecule has 1 heterocycles. The van der Waals surface area contributed by atoms with E-state index in [4.69, 9.17) is 19.2 Å². The molecule has 0 saturated heterocycles. The number of hydrogen-bond donors (Lipinski definition) is 1. The van der Waals surface area contributed by atoms with Gasteiger partial charge in [-0.25, -0.2) is 4.79 Å². The van der Waals surface area contributed by atoms with Crippen molar-refractivity contribution in [3.05, 3.63) is 83.8 Å². The molecule has 1 aromatic heterocycles. The summed E-state index contributed by atoms with van der Waals surface area (Å²) in [7, 11) is 0. The van der Waals surface area contributed by atoms with Crippen LogP contribution in [0.4, 0.5) is 5.69 Å². The van der Waals surface area contributed by atoms with Crippen molar-refractivity contribution in [3.63, 3.8) is 0 Å². The molecule has 1 amide bonds. The Hall–Kier alpha value is -4.05. The second-order valence-corrected chi connectivity index (χ2v) is 6.09. The van der Waals surface area contributed by atoms with E-state index < -0.39 is 18.0 Å². The Kier molecular flexibility index (Phi) is 6.28. The number of nitriles is 1. The molecule has 3 aromatic rings. The fourth-order valence-corrected chi connectivity index (χ4v) is 2.38. The van der Waals surface area contributed by atoms with Gasteiger partial charge in [0.2, 0.25) is 5.76 Å². The monoisotopic (exact) mass is 390 g/mol. The predicted octanol–water partition coefficient (Wildman–Crippen LogP) is 3.91. The molecule has 0 unspecified atom stereocenters. The quantitative estimate of drug-likeness (QED) is 0.614. The van der Waals surface area contributed by atoms with Crippen LogP contribution in [0.5, 0.6) is 5.75 Å². The topological polar surface area (TPSA) is 102 Å². The van der Waals surface area contributed by atoms with Crippen LogP contribution in [0.1, 0.15) is 28.8 Å². The molecule has 29 heavy (non-hydrogen) atoms. The van der Waals surface area contributed by atoms with Gasteiger partial charge in [0.25, 0.3) is 5.91 Å². The first-order valence-corrected chi connectivity index (χ1v) is 8.84. The molecule has 3 rings (SSSR count). The largest absolute Gasteiger partial charge is 0.486 e. The van der Waals surface area contributed by atoms with Gasteiger partial charge >= 0.3 is 5.97 Å². The lowest BCUT2D eigenvalue weighted by Crippen LogP contribution is -2.29. The number of carbonyl (C=O) groups is 2. The van der Waals surface area contributed by atoms with E-state index in [1.54, 1.807) is 30.3 Å². The second kappa shape index (κ2) is 9.24. The Morgan fingerprint density at radius 1 is 1.07 bits per heavy atom. The summed E-state index contributed by atoms with van der Waals surface area (Å²) in [5.74, 6) is -0.132. The molecule has 0 bridgehead atoms. The van der Waals surface area contributed by atoms with E-state index in [1.165, 1.54) is 13.0 Å². The molecule has 0 aliphatic rings. The van der Waals surface area contributed by atoms with Crippen molar-refractivity contribution < 1.29 is 23.5 Å². The van der Waals surface area contributed by atoms with Crippen molar-refractivity contribution in [2.45, 2.75) is 19.6 Å². The highest BCUT2D eigenvalue weighted by Gasteiger charge is 2.21. The highest BCUT2D eigenvalue weighted by Crippen LogP contribution is 2.15. The maximum atomic E-state index is 12.2. The Morgan fingerprint density at radius 3 is 2.48 bits per heavy atom. The van der Waals surface area contributed by atoms with Crippen molar-refractivity contribution in [3.8, 4) is 11.8 Å². The number of anilines is 1. The van der Waals surface area contributed by atoms with Crippen LogP contribution in [0.2, 0.25) is 0 Å². The molecule has 2 aromatic carbocycles. The molecule has 7 heteroatoms. The summed E-state index contributed by atoms with van der Waals surface area (Å²) in [6.07, 6.45) is -1.03. The van der Waals surface area contributed by atoms with Gasteiger partial charge in [0.05, 0.1) is 11.6 Å². The average Bonchev–Trinajstić information content (AvgIpc) is 3.23. The number of ether oxygens (including phenoxy) is 2. The Balaban J connectivity index is 1.51. The first-order chi connectivity index (χ1) is 14.0. The number of esters is 1. The normalized spacial score (nSPS) is 11.2. The molecular formula is C22H18N2O5. The second-order valence-electron chi connectivity index (χ2n) is 6.09. The highest BCUT2D eigenvalue weighted by atomic mass is 16.6.